The van der Waals surface area contributed by atoms with Crippen molar-refractivity contribution in [1.82, 2.24) is 4.90 Å². The van der Waals surface area contributed by atoms with Crippen LogP contribution in [0.25, 0.3) is 0 Å². The summed E-state index contributed by atoms with van der Waals surface area (Å²) >= 11 is 3.36. The topological polar surface area (TPSA) is 38.8 Å². The van der Waals surface area contributed by atoms with Crippen LogP contribution in [0.4, 0.5) is 0 Å². The molecule has 4 nitrogen and oxygen atoms in total. The fraction of sp³-hybridized carbons (Fsp3) is 0.462. The van der Waals surface area contributed by atoms with E-state index in [0.717, 1.165) is 49.4 Å². The van der Waals surface area contributed by atoms with Crippen molar-refractivity contribution in [3.63, 3.8) is 0 Å². The second-order valence-corrected chi connectivity index (χ2v) is 5.06. The van der Waals surface area contributed by atoms with E-state index in [1.807, 2.05) is 6.07 Å². The fourth-order valence-corrected chi connectivity index (χ4v) is 2.34. The van der Waals surface area contributed by atoms with E-state index in [1.54, 1.807) is 12.1 Å². The number of halogens is 1. The Labute approximate surface area is 115 Å². The molecule has 1 aliphatic rings. The molecule has 0 N–H and O–H groups in total. The molecule has 0 radical (unpaired) electrons. The van der Waals surface area contributed by atoms with E-state index in [0.29, 0.717) is 12.2 Å². The number of rotatable bonds is 5. The average Bonchev–Trinajstić information content (AvgIpc) is 2.39. The predicted octanol–water partition coefficient (Wildman–Crippen LogP) is 1.97. The van der Waals surface area contributed by atoms with Crippen LogP contribution < -0.4 is 4.74 Å². The Balaban J connectivity index is 1.82. The minimum absolute atomic E-state index is 0.616. The number of hydrogen-bond donors (Lipinski definition) is 0. The molecule has 0 aromatic heterocycles. The molecule has 0 amide bonds. The van der Waals surface area contributed by atoms with Crippen molar-refractivity contribution in [2.24, 2.45) is 0 Å². The zero-order chi connectivity index (χ0) is 12.8. The minimum Gasteiger partial charge on any atom is -0.492 e. The van der Waals surface area contributed by atoms with E-state index in [1.165, 1.54) is 0 Å². The summed E-state index contributed by atoms with van der Waals surface area (Å²) in [6.07, 6.45) is 0.819. The smallest absolute Gasteiger partial charge is 0.150 e. The fourth-order valence-electron chi connectivity index (χ4n) is 1.85. The van der Waals surface area contributed by atoms with Gasteiger partial charge in [-0.05, 0) is 18.2 Å². The molecule has 0 bridgehead atoms. The molecular formula is C13H16BrNO3. The Morgan fingerprint density at radius 2 is 2.11 bits per heavy atom. The third-order valence-corrected chi connectivity index (χ3v) is 3.27. The average molecular weight is 314 g/mol. The summed E-state index contributed by atoms with van der Waals surface area (Å²) in [7, 11) is 0. The summed E-state index contributed by atoms with van der Waals surface area (Å²) in [5, 5.41) is 0. The molecule has 1 aromatic rings. The van der Waals surface area contributed by atoms with Gasteiger partial charge in [0, 0.05) is 29.7 Å². The van der Waals surface area contributed by atoms with E-state index in [4.69, 9.17) is 9.47 Å². The number of morpholine rings is 1. The van der Waals surface area contributed by atoms with Gasteiger partial charge in [0.1, 0.15) is 18.6 Å². The van der Waals surface area contributed by atoms with Gasteiger partial charge in [0.2, 0.25) is 0 Å². The van der Waals surface area contributed by atoms with Crippen molar-refractivity contribution in [2.75, 3.05) is 39.5 Å². The second kappa shape index (κ2) is 6.87. The Kier molecular flexibility index (Phi) is 5.16. The molecule has 98 valence electrons. The Morgan fingerprint density at radius 3 is 2.83 bits per heavy atom. The third kappa shape index (κ3) is 4.08. The van der Waals surface area contributed by atoms with Gasteiger partial charge in [-0.2, -0.15) is 0 Å². The lowest BCUT2D eigenvalue weighted by Gasteiger charge is -2.26. The normalized spacial score (nSPS) is 16.5. The lowest BCUT2D eigenvalue weighted by atomic mass is 10.2. The summed E-state index contributed by atoms with van der Waals surface area (Å²) in [6, 6.07) is 5.38. The molecule has 0 unspecified atom stereocenters. The number of nitrogens with zero attached hydrogens (tertiary/aromatic N) is 1. The van der Waals surface area contributed by atoms with Gasteiger partial charge in [0.25, 0.3) is 0 Å². The highest BCUT2D eigenvalue weighted by atomic mass is 79.9. The van der Waals surface area contributed by atoms with Crippen molar-refractivity contribution < 1.29 is 14.3 Å². The molecule has 1 saturated heterocycles. The van der Waals surface area contributed by atoms with Crippen LogP contribution in [0.2, 0.25) is 0 Å². The first-order valence-corrected chi connectivity index (χ1v) is 6.76. The molecule has 2 rings (SSSR count). The van der Waals surface area contributed by atoms with Gasteiger partial charge in [-0.3, -0.25) is 9.69 Å². The molecule has 0 saturated carbocycles. The number of ether oxygens (including phenoxy) is 2. The van der Waals surface area contributed by atoms with Gasteiger partial charge in [-0.1, -0.05) is 15.9 Å². The van der Waals surface area contributed by atoms with Crippen molar-refractivity contribution in [3.05, 3.63) is 28.2 Å². The molecule has 0 spiro atoms. The van der Waals surface area contributed by atoms with E-state index < -0.39 is 0 Å². The number of hydrogen-bond acceptors (Lipinski definition) is 4. The number of carbonyl (C=O) groups excluding carboxylic acids is 1. The minimum atomic E-state index is 0.616. The highest BCUT2D eigenvalue weighted by Gasteiger charge is 2.09. The summed E-state index contributed by atoms with van der Waals surface area (Å²) in [5.74, 6) is 0.722. The highest BCUT2D eigenvalue weighted by Crippen LogP contribution is 2.20. The van der Waals surface area contributed by atoms with Gasteiger partial charge in [-0.15, -0.1) is 0 Å². The van der Waals surface area contributed by atoms with Gasteiger partial charge < -0.3 is 9.47 Å². The number of aldehydes is 1. The molecule has 1 heterocycles. The van der Waals surface area contributed by atoms with E-state index in [-0.39, 0.29) is 0 Å². The van der Waals surface area contributed by atoms with Crippen molar-refractivity contribution >= 4 is 22.2 Å². The van der Waals surface area contributed by atoms with E-state index >= 15 is 0 Å². The molecule has 1 fully saturated rings. The van der Waals surface area contributed by atoms with E-state index in [2.05, 4.69) is 20.8 Å². The summed E-state index contributed by atoms with van der Waals surface area (Å²) in [4.78, 5) is 13.0. The van der Waals surface area contributed by atoms with Crippen LogP contribution >= 0.6 is 15.9 Å². The Morgan fingerprint density at radius 1 is 1.33 bits per heavy atom. The zero-order valence-electron chi connectivity index (χ0n) is 10.1. The standard InChI is InChI=1S/C13H16BrNO3/c14-12-7-11(10-16)8-13(9-12)18-6-3-15-1-4-17-5-2-15/h7-10H,1-6H2. The molecule has 1 aliphatic heterocycles. The van der Waals surface area contributed by atoms with Crippen LogP contribution in [-0.2, 0) is 4.74 Å². The van der Waals surface area contributed by atoms with Gasteiger partial charge in [0.15, 0.2) is 0 Å². The third-order valence-electron chi connectivity index (χ3n) is 2.81. The van der Waals surface area contributed by atoms with Gasteiger partial charge in [-0.25, -0.2) is 0 Å². The number of benzene rings is 1. The molecule has 18 heavy (non-hydrogen) atoms. The largest absolute Gasteiger partial charge is 0.492 e. The van der Waals surface area contributed by atoms with Crippen LogP contribution in [-0.4, -0.2) is 50.6 Å². The van der Waals surface area contributed by atoms with Gasteiger partial charge >= 0.3 is 0 Å². The van der Waals surface area contributed by atoms with Gasteiger partial charge in [0.05, 0.1) is 13.2 Å². The lowest BCUT2D eigenvalue weighted by molar-refractivity contribution is 0.0322. The lowest BCUT2D eigenvalue weighted by Crippen LogP contribution is -2.38. The molecule has 5 heteroatoms. The van der Waals surface area contributed by atoms with Crippen LogP contribution in [0.1, 0.15) is 10.4 Å². The Hall–Kier alpha value is -0.910. The zero-order valence-corrected chi connectivity index (χ0v) is 11.7. The van der Waals surface area contributed by atoms with Crippen molar-refractivity contribution in [2.45, 2.75) is 0 Å². The predicted molar refractivity (Wildman–Crippen MR) is 72.3 cm³/mol. The van der Waals surface area contributed by atoms with E-state index in [9.17, 15) is 4.79 Å². The summed E-state index contributed by atoms with van der Waals surface area (Å²) in [6.45, 7) is 5.02. The molecular weight excluding hydrogens is 298 g/mol. The summed E-state index contributed by atoms with van der Waals surface area (Å²) < 4.78 is 11.8. The Bertz CT molecular complexity index is 405. The molecule has 0 aliphatic carbocycles. The summed E-state index contributed by atoms with van der Waals surface area (Å²) in [5.41, 5.74) is 0.616. The first-order valence-electron chi connectivity index (χ1n) is 5.96. The van der Waals surface area contributed by atoms with Crippen LogP contribution in [0.5, 0.6) is 5.75 Å². The van der Waals surface area contributed by atoms with Crippen molar-refractivity contribution in [1.29, 1.82) is 0 Å². The molecule has 1 aromatic carbocycles. The number of carbonyl (C=O) groups is 1. The quantitative estimate of drug-likeness (QED) is 0.779. The highest BCUT2D eigenvalue weighted by molar-refractivity contribution is 9.10. The first-order chi connectivity index (χ1) is 8.78. The maximum absolute atomic E-state index is 10.7. The maximum atomic E-state index is 10.7. The monoisotopic (exact) mass is 313 g/mol. The van der Waals surface area contributed by atoms with Crippen LogP contribution in [0.3, 0.4) is 0 Å². The SMILES string of the molecule is O=Cc1cc(Br)cc(OCCN2CCOCC2)c1. The second-order valence-electron chi connectivity index (χ2n) is 4.14. The van der Waals surface area contributed by atoms with Crippen molar-refractivity contribution in [3.8, 4) is 5.75 Å². The van der Waals surface area contributed by atoms with Crippen LogP contribution in [0, 0.1) is 0 Å². The molecule has 0 atom stereocenters. The van der Waals surface area contributed by atoms with Crippen LogP contribution in [0.15, 0.2) is 22.7 Å². The first kappa shape index (κ1) is 13.5. The maximum Gasteiger partial charge on any atom is 0.150 e.